The number of aromatic amines is 1. The van der Waals surface area contributed by atoms with Gasteiger partial charge in [-0.25, -0.2) is 18.1 Å². The summed E-state index contributed by atoms with van der Waals surface area (Å²) < 4.78 is 35.9. The van der Waals surface area contributed by atoms with Crippen molar-refractivity contribution < 1.29 is 13.2 Å². The van der Waals surface area contributed by atoms with Gasteiger partial charge in [-0.05, 0) is 24.8 Å². The fourth-order valence-electron chi connectivity index (χ4n) is 5.01. The highest BCUT2D eigenvalue weighted by Gasteiger charge is 2.38. The molecule has 0 amide bonds. The predicted molar refractivity (Wildman–Crippen MR) is 116 cm³/mol. The molecule has 0 aromatic carbocycles. The number of nitrogens with one attached hydrogen (secondary N) is 2. The third-order valence-electron chi connectivity index (χ3n) is 6.64. The quantitative estimate of drug-likeness (QED) is 0.557. The smallest absolute Gasteiger partial charge is 0.213 e. The lowest BCUT2D eigenvalue weighted by atomic mass is 9.93. The molecule has 5 rings (SSSR count). The molecule has 0 unspecified atom stereocenters. The predicted octanol–water partition coefficient (Wildman–Crippen LogP) is 1.13. The second-order valence-corrected chi connectivity index (χ2v) is 10.4. The largest absolute Gasteiger partial charge is 0.379 e. The third kappa shape index (κ3) is 4.19. The van der Waals surface area contributed by atoms with Crippen LogP contribution in [0.1, 0.15) is 37.9 Å². The molecule has 1 aliphatic heterocycles. The van der Waals surface area contributed by atoms with Gasteiger partial charge in [0.25, 0.3) is 0 Å². The number of morpholine rings is 1. The first-order chi connectivity index (χ1) is 15.0. The van der Waals surface area contributed by atoms with Crippen molar-refractivity contribution in [3.05, 3.63) is 24.3 Å². The minimum absolute atomic E-state index is 0.0828. The van der Waals surface area contributed by atoms with Crippen molar-refractivity contribution >= 4 is 26.8 Å². The first-order valence-corrected chi connectivity index (χ1v) is 12.7. The number of nitrogens with zero attached hydrogens (tertiary/aromatic N) is 5. The van der Waals surface area contributed by atoms with Crippen LogP contribution in [-0.2, 0) is 14.8 Å². The van der Waals surface area contributed by atoms with Crippen LogP contribution in [0.4, 0.5) is 0 Å². The van der Waals surface area contributed by atoms with Crippen LogP contribution >= 0.6 is 0 Å². The number of hydrogen-bond donors (Lipinski definition) is 2. The van der Waals surface area contributed by atoms with Gasteiger partial charge in [-0.3, -0.25) is 9.30 Å². The van der Waals surface area contributed by atoms with Crippen LogP contribution in [0.2, 0.25) is 0 Å². The maximum absolute atomic E-state index is 12.8. The Morgan fingerprint density at radius 2 is 2.10 bits per heavy atom. The average Bonchev–Trinajstić information content (AvgIpc) is 3.49. The molecule has 168 valence electrons. The molecule has 31 heavy (non-hydrogen) atoms. The van der Waals surface area contributed by atoms with Crippen LogP contribution < -0.4 is 4.72 Å². The molecule has 2 N–H and O–H groups in total. The Labute approximate surface area is 181 Å². The minimum Gasteiger partial charge on any atom is -0.379 e. The molecule has 0 bridgehead atoms. The highest BCUT2D eigenvalue weighted by molar-refractivity contribution is 7.89. The van der Waals surface area contributed by atoms with Gasteiger partial charge in [0.15, 0.2) is 11.3 Å². The van der Waals surface area contributed by atoms with Crippen LogP contribution in [-0.4, -0.2) is 82.5 Å². The summed E-state index contributed by atoms with van der Waals surface area (Å²) in [5.41, 5.74) is 2.45. The van der Waals surface area contributed by atoms with Crippen LogP contribution in [0.15, 0.2) is 18.5 Å². The molecule has 1 saturated heterocycles. The zero-order valence-electron chi connectivity index (χ0n) is 17.7. The van der Waals surface area contributed by atoms with Gasteiger partial charge in [-0.15, -0.1) is 10.2 Å². The second-order valence-electron chi connectivity index (χ2n) is 8.56. The van der Waals surface area contributed by atoms with E-state index in [1.54, 1.807) is 6.20 Å². The second kappa shape index (κ2) is 8.45. The molecule has 3 atom stereocenters. The summed E-state index contributed by atoms with van der Waals surface area (Å²) in [7, 11) is -3.35. The van der Waals surface area contributed by atoms with Crippen LogP contribution in [0.5, 0.6) is 0 Å². The standard InChI is InChI=1S/C20H29N7O3S/c1-2-14-11-15(25-31(28,29)10-7-26-5-8-30-9-6-26)12-16(14)20-24-23-18-13-22-19-17(27(18)20)3-4-21-19/h3-4,13-16,21,25H,2,5-12H2,1H3/t14-,15-,16-/m0/s1. The molecule has 11 heteroatoms. The first-order valence-electron chi connectivity index (χ1n) is 11.0. The Hall–Kier alpha value is -2.08. The van der Waals surface area contributed by atoms with Gasteiger partial charge in [-0.2, -0.15) is 0 Å². The van der Waals surface area contributed by atoms with Crippen molar-refractivity contribution in [1.29, 1.82) is 0 Å². The molecule has 4 heterocycles. The summed E-state index contributed by atoms with van der Waals surface area (Å²) in [5, 5.41) is 8.82. The molecule has 2 aliphatic rings. The van der Waals surface area contributed by atoms with Gasteiger partial charge in [0.2, 0.25) is 10.0 Å². The van der Waals surface area contributed by atoms with E-state index in [9.17, 15) is 8.42 Å². The maximum atomic E-state index is 12.8. The third-order valence-corrected chi connectivity index (χ3v) is 8.06. The maximum Gasteiger partial charge on any atom is 0.213 e. The Morgan fingerprint density at radius 3 is 2.90 bits per heavy atom. The Bertz CT molecular complexity index is 1150. The Morgan fingerprint density at radius 1 is 1.26 bits per heavy atom. The lowest BCUT2D eigenvalue weighted by Gasteiger charge is -2.26. The van der Waals surface area contributed by atoms with Crippen LogP contribution in [0.25, 0.3) is 16.8 Å². The molecule has 10 nitrogen and oxygen atoms in total. The van der Waals surface area contributed by atoms with Gasteiger partial charge < -0.3 is 9.72 Å². The highest BCUT2D eigenvalue weighted by atomic mass is 32.2. The van der Waals surface area contributed by atoms with Crippen LogP contribution in [0.3, 0.4) is 0 Å². The summed E-state index contributed by atoms with van der Waals surface area (Å²) in [6.07, 6.45) is 6.08. The van der Waals surface area contributed by atoms with Crippen LogP contribution in [0, 0.1) is 5.92 Å². The van der Waals surface area contributed by atoms with Crippen molar-refractivity contribution in [2.24, 2.45) is 5.92 Å². The van der Waals surface area contributed by atoms with Gasteiger partial charge >= 0.3 is 0 Å². The van der Waals surface area contributed by atoms with E-state index in [0.29, 0.717) is 31.3 Å². The average molecular weight is 448 g/mol. The van der Waals surface area contributed by atoms with E-state index in [2.05, 4.69) is 41.1 Å². The zero-order chi connectivity index (χ0) is 21.4. The molecule has 0 radical (unpaired) electrons. The van der Waals surface area contributed by atoms with E-state index in [1.165, 1.54) is 0 Å². The lowest BCUT2D eigenvalue weighted by Crippen LogP contribution is -2.42. The molecule has 2 fully saturated rings. The van der Waals surface area contributed by atoms with Gasteiger partial charge in [0, 0.05) is 37.8 Å². The summed E-state index contributed by atoms with van der Waals surface area (Å²) in [4.78, 5) is 9.67. The highest BCUT2D eigenvalue weighted by Crippen LogP contribution is 2.41. The number of fused-ring (bicyclic) bond motifs is 3. The van der Waals surface area contributed by atoms with E-state index < -0.39 is 10.0 Å². The molecule has 3 aromatic heterocycles. The first kappa shape index (κ1) is 20.8. The summed E-state index contributed by atoms with van der Waals surface area (Å²) >= 11 is 0. The summed E-state index contributed by atoms with van der Waals surface area (Å²) in [6, 6.07) is 1.89. The minimum atomic E-state index is -3.35. The van der Waals surface area contributed by atoms with E-state index >= 15 is 0 Å². The van der Waals surface area contributed by atoms with Gasteiger partial charge in [0.05, 0.1) is 30.7 Å². The number of H-pyrrole nitrogens is 1. The van der Waals surface area contributed by atoms with Crippen molar-refractivity contribution in [3.63, 3.8) is 0 Å². The number of aromatic nitrogens is 5. The SMILES string of the molecule is CC[C@H]1C[C@H](NS(=O)(=O)CCN2CCOCC2)C[C@@H]1c1nnc2cnc3[nH]ccc3n12. The lowest BCUT2D eigenvalue weighted by molar-refractivity contribution is 0.0408. The number of hydrogen-bond acceptors (Lipinski definition) is 7. The van der Waals surface area contributed by atoms with Crippen molar-refractivity contribution in [2.75, 3.05) is 38.6 Å². The molecular formula is C20H29N7O3S. The van der Waals surface area contributed by atoms with Crippen molar-refractivity contribution in [1.82, 2.24) is 34.2 Å². The summed E-state index contributed by atoms with van der Waals surface area (Å²) in [5.74, 6) is 1.51. The molecule has 1 aliphatic carbocycles. The van der Waals surface area contributed by atoms with E-state index in [4.69, 9.17) is 4.74 Å². The van der Waals surface area contributed by atoms with E-state index in [-0.39, 0.29) is 17.7 Å². The normalized spacial score (nSPS) is 25.6. The zero-order valence-corrected chi connectivity index (χ0v) is 18.5. The summed E-state index contributed by atoms with van der Waals surface area (Å²) in [6.45, 7) is 5.63. The molecule has 1 saturated carbocycles. The Kier molecular flexibility index (Phi) is 5.67. The van der Waals surface area contributed by atoms with E-state index in [1.807, 2.05) is 12.3 Å². The number of rotatable bonds is 7. The Balaban J connectivity index is 1.32. The van der Waals surface area contributed by atoms with Crippen molar-refractivity contribution in [3.8, 4) is 0 Å². The van der Waals surface area contributed by atoms with E-state index in [0.717, 1.165) is 49.3 Å². The monoisotopic (exact) mass is 447 g/mol. The number of ether oxygens (including phenoxy) is 1. The molecular weight excluding hydrogens is 418 g/mol. The topological polar surface area (TPSA) is 118 Å². The number of sulfonamides is 1. The molecule has 3 aromatic rings. The van der Waals surface area contributed by atoms with Gasteiger partial charge in [-0.1, -0.05) is 13.3 Å². The van der Waals surface area contributed by atoms with Crippen molar-refractivity contribution in [2.45, 2.75) is 38.1 Å². The fraction of sp³-hybridized carbons (Fsp3) is 0.650. The molecule has 0 spiro atoms. The fourth-order valence-corrected chi connectivity index (χ4v) is 6.33. The van der Waals surface area contributed by atoms with Gasteiger partial charge in [0.1, 0.15) is 5.82 Å².